The van der Waals surface area contributed by atoms with Crippen molar-refractivity contribution in [3.05, 3.63) is 35.4 Å². The Morgan fingerprint density at radius 1 is 1.57 bits per heavy atom. The topological polar surface area (TPSA) is 73.2 Å². The maximum absolute atomic E-state index is 12.4. The van der Waals surface area contributed by atoms with Crippen LogP contribution < -0.4 is 5.32 Å². The van der Waals surface area contributed by atoms with Gasteiger partial charge in [0, 0.05) is 24.8 Å². The van der Waals surface area contributed by atoms with E-state index in [-0.39, 0.29) is 11.8 Å². The minimum absolute atomic E-state index is 0.00887. The molecule has 0 spiro atoms. The van der Waals surface area contributed by atoms with Gasteiger partial charge in [-0.05, 0) is 30.4 Å². The van der Waals surface area contributed by atoms with Crippen LogP contribution in [-0.2, 0) is 16.1 Å². The maximum atomic E-state index is 12.4. The Morgan fingerprint density at radius 3 is 3.04 bits per heavy atom. The quantitative estimate of drug-likeness (QED) is 0.864. The molecule has 0 aliphatic carbocycles. The van der Waals surface area contributed by atoms with Gasteiger partial charge in [0.1, 0.15) is 6.04 Å². The zero-order valence-corrected chi connectivity index (χ0v) is 14.2. The Hall–Kier alpha value is -2.00. The summed E-state index contributed by atoms with van der Waals surface area (Å²) in [4.78, 5) is 26.1. The highest BCUT2D eigenvalue weighted by atomic mass is 32.2. The van der Waals surface area contributed by atoms with Crippen LogP contribution in [0.15, 0.2) is 24.3 Å². The minimum atomic E-state index is -0.415. The summed E-state index contributed by atoms with van der Waals surface area (Å²) in [5, 5.41) is 12.2. The normalized spacial score (nSPS) is 18.6. The third-order valence-corrected chi connectivity index (χ3v) is 4.98. The molecule has 1 fully saturated rings. The molecule has 5 nitrogen and oxygen atoms in total. The van der Waals surface area contributed by atoms with Crippen LogP contribution in [0.25, 0.3) is 0 Å². The molecule has 1 saturated heterocycles. The molecule has 122 valence electrons. The number of thioether (sulfide) groups is 1. The Labute approximate surface area is 141 Å². The second-order valence-corrected chi connectivity index (χ2v) is 6.96. The number of carbonyl (C=O) groups is 2. The fourth-order valence-corrected chi connectivity index (χ4v) is 2.84. The van der Waals surface area contributed by atoms with E-state index in [1.165, 1.54) is 0 Å². The average Bonchev–Trinajstić information content (AvgIpc) is 2.93. The SMILES string of the molecule is CSC(C)CNC(=O)C1CCC(=O)N1Cc1cccc(C#N)c1. The van der Waals surface area contributed by atoms with E-state index >= 15 is 0 Å². The van der Waals surface area contributed by atoms with Crippen molar-refractivity contribution in [2.24, 2.45) is 0 Å². The second kappa shape index (κ2) is 8.02. The van der Waals surface area contributed by atoms with E-state index in [9.17, 15) is 9.59 Å². The molecule has 23 heavy (non-hydrogen) atoms. The van der Waals surface area contributed by atoms with Crippen molar-refractivity contribution in [2.75, 3.05) is 12.8 Å². The van der Waals surface area contributed by atoms with Crippen LogP contribution >= 0.6 is 11.8 Å². The number of nitrogens with zero attached hydrogens (tertiary/aromatic N) is 2. The number of nitriles is 1. The van der Waals surface area contributed by atoms with Crippen molar-refractivity contribution < 1.29 is 9.59 Å². The first kappa shape index (κ1) is 17.4. The molecular formula is C17H21N3O2S. The Balaban J connectivity index is 2.04. The van der Waals surface area contributed by atoms with Gasteiger partial charge in [0.05, 0.1) is 11.6 Å². The van der Waals surface area contributed by atoms with Gasteiger partial charge in [-0.15, -0.1) is 0 Å². The lowest BCUT2D eigenvalue weighted by molar-refractivity contribution is -0.135. The van der Waals surface area contributed by atoms with Crippen molar-refractivity contribution >= 4 is 23.6 Å². The van der Waals surface area contributed by atoms with Crippen molar-refractivity contribution in [3.8, 4) is 6.07 Å². The smallest absolute Gasteiger partial charge is 0.242 e. The Morgan fingerprint density at radius 2 is 2.35 bits per heavy atom. The van der Waals surface area contributed by atoms with Gasteiger partial charge in [0.15, 0.2) is 0 Å². The minimum Gasteiger partial charge on any atom is -0.353 e. The molecule has 0 aromatic heterocycles. The van der Waals surface area contributed by atoms with E-state index in [0.717, 1.165) is 5.56 Å². The van der Waals surface area contributed by atoms with Crippen LogP contribution in [-0.4, -0.2) is 40.8 Å². The number of hydrogen-bond acceptors (Lipinski definition) is 4. The molecule has 2 rings (SSSR count). The highest BCUT2D eigenvalue weighted by Crippen LogP contribution is 2.22. The predicted octanol–water partition coefficient (Wildman–Crippen LogP) is 1.92. The summed E-state index contributed by atoms with van der Waals surface area (Å²) in [5.41, 5.74) is 1.43. The highest BCUT2D eigenvalue weighted by Gasteiger charge is 2.35. The van der Waals surface area contributed by atoms with Gasteiger partial charge in [-0.25, -0.2) is 0 Å². The molecule has 2 atom stereocenters. The number of carbonyl (C=O) groups excluding carboxylic acids is 2. The van der Waals surface area contributed by atoms with Crippen LogP contribution in [0.1, 0.15) is 30.9 Å². The lowest BCUT2D eigenvalue weighted by Crippen LogP contribution is -2.45. The second-order valence-electron chi connectivity index (χ2n) is 5.68. The van der Waals surface area contributed by atoms with Gasteiger partial charge in [-0.1, -0.05) is 19.1 Å². The highest BCUT2D eigenvalue weighted by molar-refractivity contribution is 7.99. The summed E-state index contributed by atoms with van der Waals surface area (Å²) in [6, 6.07) is 8.83. The standard InChI is InChI=1S/C17H21N3O2S/c1-12(23-2)10-19-17(22)15-6-7-16(21)20(15)11-14-5-3-4-13(8-14)9-18/h3-5,8,12,15H,6-7,10-11H2,1-2H3,(H,19,22). The lowest BCUT2D eigenvalue weighted by Gasteiger charge is -2.24. The molecule has 0 bridgehead atoms. The van der Waals surface area contributed by atoms with E-state index < -0.39 is 6.04 Å². The van der Waals surface area contributed by atoms with Crippen LogP contribution in [0.4, 0.5) is 0 Å². The van der Waals surface area contributed by atoms with Crippen molar-refractivity contribution in [2.45, 2.75) is 37.6 Å². The van der Waals surface area contributed by atoms with Crippen LogP contribution in [0, 0.1) is 11.3 Å². The van der Waals surface area contributed by atoms with Gasteiger partial charge in [-0.3, -0.25) is 9.59 Å². The zero-order valence-electron chi connectivity index (χ0n) is 13.4. The summed E-state index contributed by atoms with van der Waals surface area (Å²) in [6.07, 6.45) is 2.95. The van der Waals surface area contributed by atoms with Gasteiger partial charge in [0.2, 0.25) is 11.8 Å². The molecule has 1 aliphatic heterocycles. The largest absolute Gasteiger partial charge is 0.353 e. The zero-order chi connectivity index (χ0) is 16.8. The number of amides is 2. The van der Waals surface area contributed by atoms with E-state index in [1.807, 2.05) is 12.3 Å². The maximum Gasteiger partial charge on any atom is 0.242 e. The average molecular weight is 331 g/mol. The number of nitrogens with one attached hydrogen (secondary N) is 1. The Bertz CT molecular complexity index is 627. The Kier molecular flexibility index (Phi) is 6.05. The first-order valence-corrected chi connectivity index (χ1v) is 8.93. The molecule has 6 heteroatoms. The molecule has 1 N–H and O–H groups in total. The number of benzene rings is 1. The third kappa shape index (κ3) is 4.49. The van der Waals surface area contributed by atoms with Crippen LogP contribution in [0.2, 0.25) is 0 Å². The number of rotatable bonds is 6. The summed E-state index contributed by atoms with van der Waals surface area (Å²) < 4.78 is 0. The van der Waals surface area contributed by atoms with Gasteiger partial charge < -0.3 is 10.2 Å². The van der Waals surface area contributed by atoms with Gasteiger partial charge in [0.25, 0.3) is 0 Å². The van der Waals surface area contributed by atoms with Crippen molar-refractivity contribution in [1.29, 1.82) is 5.26 Å². The first-order valence-electron chi connectivity index (χ1n) is 7.64. The fraction of sp³-hybridized carbons (Fsp3) is 0.471. The number of hydrogen-bond donors (Lipinski definition) is 1. The summed E-state index contributed by atoms with van der Waals surface area (Å²) in [5.74, 6) is -0.0985. The molecule has 1 heterocycles. The summed E-state index contributed by atoms with van der Waals surface area (Å²) in [7, 11) is 0. The van der Waals surface area contributed by atoms with Gasteiger partial charge in [-0.2, -0.15) is 17.0 Å². The molecule has 1 aromatic carbocycles. The van der Waals surface area contributed by atoms with E-state index in [1.54, 1.807) is 34.9 Å². The molecular weight excluding hydrogens is 310 g/mol. The molecule has 2 amide bonds. The van der Waals surface area contributed by atoms with Crippen molar-refractivity contribution in [1.82, 2.24) is 10.2 Å². The summed E-state index contributed by atoms with van der Waals surface area (Å²) in [6.45, 7) is 3.02. The molecule has 2 unspecified atom stereocenters. The van der Waals surface area contributed by atoms with Gasteiger partial charge >= 0.3 is 0 Å². The molecule has 1 aromatic rings. The number of likely N-dealkylation sites (tertiary alicyclic amines) is 1. The van der Waals surface area contributed by atoms with Crippen molar-refractivity contribution in [3.63, 3.8) is 0 Å². The van der Waals surface area contributed by atoms with Crippen LogP contribution in [0.3, 0.4) is 0 Å². The van der Waals surface area contributed by atoms with E-state index in [0.29, 0.717) is 36.7 Å². The molecule has 0 saturated carbocycles. The van der Waals surface area contributed by atoms with E-state index in [4.69, 9.17) is 5.26 Å². The third-order valence-electron chi connectivity index (χ3n) is 4.01. The summed E-state index contributed by atoms with van der Waals surface area (Å²) >= 11 is 1.69. The first-order chi connectivity index (χ1) is 11.0. The monoisotopic (exact) mass is 331 g/mol. The molecule has 1 aliphatic rings. The van der Waals surface area contributed by atoms with E-state index in [2.05, 4.69) is 18.3 Å². The predicted molar refractivity (Wildman–Crippen MR) is 90.7 cm³/mol. The fourth-order valence-electron chi connectivity index (χ4n) is 2.59. The van der Waals surface area contributed by atoms with Crippen LogP contribution in [0.5, 0.6) is 0 Å². The lowest BCUT2D eigenvalue weighted by atomic mass is 10.1. The molecule has 0 radical (unpaired) electrons.